The number of hydrogen-bond acceptors (Lipinski definition) is 4. The van der Waals surface area contributed by atoms with Gasteiger partial charge in [-0.2, -0.15) is 15.0 Å². The van der Waals surface area contributed by atoms with E-state index in [2.05, 4.69) is 20.4 Å². The number of amides is 1. The van der Waals surface area contributed by atoms with Gasteiger partial charge in [-0.3, -0.25) is 4.79 Å². The van der Waals surface area contributed by atoms with Crippen LogP contribution in [0.1, 0.15) is 35.2 Å². The quantitative estimate of drug-likeness (QED) is 0.902. The van der Waals surface area contributed by atoms with E-state index in [1.807, 2.05) is 25.1 Å². The van der Waals surface area contributed by atoms with Gasteiger partial charge >= 0.3 is 0 Å². The Labute approximate surface area is 147 Å². The van der Waals surface area contributed by atoms with Crippen LogP contribution in [0, 0.1) is 6.92 Å². The highest BCUT2D eigenvalue weighted by Crippen LogP contribution is 2.31. The van der Waals surface area contributed by atoms with Gasteiger partial charge in [-0.15, -0.1) is 12.4 Å². The van der Waals surface area contributed by atoms with Gasteiger partial charge in [0.2, 0.25) is 0 Å². The molecule has 1 aromatic carbocycles. The minimum absolute atomic E-state index is 0. The standard InChI is InChI=1S/C17H21N5O.ClH/c1-12-2-5-16(22-19-8-9-20-22)15(10-12)17(23)21-13-3-4-14(21)11-18-7-6-13;/h2,5,8-10,13-14,18H,3-4,6-7,11H2,1H3;1H. The SMILES string of the molecule is Cc1ccc(-n2nccn2)c(C(=O)N2C3CCNCC2CC3)c1.Cl. The minimum Gasteiger partial charge on any atom is -0.331 e. The fourth-order valence-corrected chi connectivity index (χ4v) is 3.79. The van der Waals surface area contributed by atoms with Crippen LogP contribution in [0.15, 0.2) is 30.6 Å². The van der Waals surface area contributed by atoms with Crippen molar-refractivity contribution in [3.63, 3.8) is 0 Å². The maximum absolute atomic E-state index is 13.3. The van der Waals surface area contributed by atoms with Crippen molar-refractivity contribution in [1.82, 2.24) is 25.2 Å². The first kappa shape index (κ1) is 16.9. The van der Waals surface area contributed by atoms with E-state index in [9.17, 15) is 4.79 Å². The van der Waals surface area contributed by atoms with Crippen LogP contribution in [0.5, 0.6) is 0 Å². The molecule has 128 valence electrons. The lowest BCUT2D eigenvalue weighted by Gasteiger charge is -2.28. The van der Waals surface area contributed by atoms with Gasteiger partial charge in [0.05, 0.1) is 23.6 Å². The van der Waals surface area contributed by atoms with Crippen LogP contribution in [-0.2, 0) is 0 Å². The largest absolute Gasteiger partial charge is 0.331 e. The molecule has 0 radical (unpaired) electrons. The summed E-state index contributed by atoms with van der Waals surface area (Å²) in [4.78, 5) is 16.9. The number of halogens is 1. The van der Waals surface area contributed by atoms with Gasteiger partial charge in [0.25, 0.3) is 5.91 Å². The number of benzene rings is 1. The van der Waals surface area contributed by atoms with Crippen molar-refractivity contribution in [3.8, 4) is 5.69 Å². The third-order valence-electron chi connectivity index (χ3n) is 4.91. The summed E-state index contributed by atoms with van der Waals surface area (Å²) < 4.78 is 0. The number of rotatable bonds is 2. The normalized spacial score (nSPS) is 22.8. The predicted octanol–water partition coefficient (Wildman–Crippen LogP) is 1.96. The molecule has 6 nitrogen and oxygen atoms in total. The van der Waals surface area contributed by atoms with E-state index in [0.29, 0.717) is 17.6 Å². The van der Waals surface area contributed by atoms with Crippen LogP contribution in [-0.4, -0.2) is 51.0 Å². The average molecular weight is 348 g/mol. The fourth-order valence-electron chi connectivity index (χ4n) is 3.79. The van der Waals surface area contributed by atoms with E-state index in [4.69, 9.17) is 0 Å². The highest BCUT2D eigenvalue weighted by atomic mass is 35.5. The zero-order valence-electron chi connectivity index (χ0n) is 13.7. The lowest BCUT2D eigenvalue weighted by molar-refractivity contribution is 0.0680. The van der Waals surface area contributed by atoms with Crippen LogP contribution in [0.25, 0.3) is 5.69 Å². The lowest BCUT2D eigenvalue weighted by atomic mass is 10.1. The molecule has 2 bridgehead atoms. The Morgan fingerprint density at radius 3 is 2.71 bits per heavy atom. The molecule has 2 saturated heterocycles. The summed E-state index contributed by atoms with van der Waals surface area (Å²) in [5, 5.41) is 11.8. The van der Waals surface area contributed by atoms with E-state index in [0.717, 1.165) is 43.6 Å². The van der Waals surface area contributed by atoms with Crippen molar-refractivity contribution in [2.75, 3.05) is 13.1 Å². The minimum atomic E-state index is 0. The second-order valence-corrected chi connectivity index (χ2v) is 6.43. The van der Waals surface area contributed by atoms with Crippen LogP contribution >= 0.6 is 12.4 Å². The Kier molecular flexibility index (Phi) is 4.87. The van der Waals surface area contributed by atoms with Gasteiger partial charge in [0, 0.05) is 18.6 Å². The Morgan fingerprint density at radius 1 is 1.17 bits per heavy atom. The smallest absolute Gasteiger partial charge is 0.256 e. The van der Waals surface area contributed by atoms with Crippen molar-refractivity contribution in [3.05, 3.63) is 41.7 Å². The second kappa shape index (κ2) is 6.91. The summed E-state index contributed by atoms with van der Waals surface area (Å²) in [6.07, 6.45) is 6.49. The molecule has 2 aliphatic rings. The fraction of sp³-hybridized carbons (Fsp3) is 0.471. The number of fused-ring (bicyclic) bond motifs is 2. The molecule has 1 aromatic heterocycles. The lowest BCUT2D eigenvalue weighted by Crippen LogP contribution is -2.42. The van der Waals surface area contributed by atoms with E-state index in [1.165, 1.54) is 4.80 Å². The van der Waals surface area contributed by atoms with Crippen LogP contribution in [0.2, 0.25) is 0 Å². The zero-order chi connectivity index (χ0) is 15.8. The molecule has 24 heavy (non-hydrogen) atoms. The molecule has 0 saturated carbocycles. The molecule has 2 unspecified atom stereocenters. The number of aromatic nitrogens is 3. The Hall–Kier alpha value is -1.92. The van der Waals surface area contributed by atoms with E-state index in [-0.39, 0.29) is 18.3 Å². The van der Waals surface area contributed by atoms with Gasteiger partial charge in [0.15, 0.2) is 0 Å². The molecule has 3 heterocycles. The molecule has 1 N–H and O–H groups in total. The highest BCUT2D eigenvalue weighted by molar-refractivity contribution is 5.98. The van der Waals surface area contributed by atoms with E-state index < -0.39 is 0 Å². The van der Waals surface area contributed by atoms with Gasteiger partial charge in [0.1, 0.15) is 0 Å². The van der Waals surface area contributed by atoms with Crippen molar-refractivity contribution in [2.24, 2.45) is 0 Å². The first-order valence-corrected chi connectivity index (χ1v) is 8.25. The van der Waals surface area contributed by atoms with Crippen molar-refractivity contribution < 1.29 is 4.79 Å². The Bertz CT molecular complexity index is 704. The number of hydrogen-bond donors (Lipinski definition) is 1. The molecule has 2 atom stereocenters. The summed E-state index contributed by atoms with van der Waals surface area (Å²) in [5.74, 6) is 0.109. The van der Waals surface area contributed by atoms with Gasteiger partial charge in [-0.1, -0.05) is 11.6 Å². The second-order valence-electron chi connectivity index (χ2n) is 6.43. The summed E-state index contributed by atoms with van der Waals surface area (Å²) in [6, 6.07) is 6.53. The topological polar surface area (TPSA) is 63.1 Å². The first-order valence-electron chi connectivity index (χ1n) is 8.25. The van der Waals surface area contributed by atoms with E-state index in [1.54, 1.807) is 12.4 Å². The van der Waals surface area contributed by atoms with Crippen LogP contribution < -0.4 is 5.32 Å². The Morgan fingerprint density at radius 2 is 1.92 bits per heavy atom. The summed E-state index contributed by atoms with van der Waals surface area (Å²) in [5.41, 5.74) is 2.52. The summed E-state index contributed by atoms with van der Waals surface area (Å²) >= 11 is 0. The monoisotopic (exact) mass is 347 g/mol. The van der Waals surface area contributed by atoms with Crippen molar-refractivity contribution >= 4 is 18.3 Å². The Balaban J connectivity index is 0.00000169. The molecule has 1 amide bonds. The molecule has 2 fully saturated rings. The molecule has 7 heteroatoms. The molecule has 4 rings (SSSR count). The molecular weight excluding hydrogens is 326 g/mol. The first-order chi connectivity index (χ1) is 11.2. The maximum Gasteiger partial charge on any atom is 0.256 e. The van der Waals surface area contributed by atoms with Crippen LogP contribution in [0.4, 0.5) is 0 Å². The molecule has 0 aliphatic carbocycles. The highest BCUT2D eigenvalue weighted by Gasteiger charge is 2.39. The molecule has 0 spiro atoms. The van der Waals surface area contributed by atoms with Crippen molar-refractivity contribution in [2.45, 2.75) is 38.3 Å². The third-order valence-corrected chi connectivity index (χ3v) is 4.91. The third kappa shape index (κ3) is 2.91. The average Bonchev–Trinajstić information content (AvgIpc) is 3.14. The number of carbonyl (C=O) groups excluding carboxylic acids is 1. The van der Waals surface area contributed by atoms with Crippen LogP contribution in [0.3, 0.4) is 0 Å². The summed E-state index contributed by atoms with van der Waals surface area (Å²) in [7, 11) is 0. The van der Waals surface area contributed by atoms with Crippen molar-refractivity contribution in [1.29, 1.82) is 0 Å². The predicted molar refractivity (Wildman–Crippen MR) is 93.8 cm³/mol. The number of aryl methyl sites for hydroxylation is 1. The van der Waals surface area contributed by atoms with E-state index >= 15 is 0 Å². The molecule has 2 aromatic rings. The number of carbonyl (C=O) groups is 1. The number of nitrogens with zero attached hydrogens (tertiary/aromatic N) is 4. The molecule has 2 aliphatic heterocycles. The number of nitrogens with one attached hydrogen (secondary N) is 1. The summed E-state index contributed by atoms with van der Waals surface area (Å²) in [6.45, 7) is 3.89. The maximum atomic E-state index is 13.3. The van der Waals surface area contributed by atoms with Gasteiger partial charge in [-0.05, 0) is 44.9 Å². The van der Waals surface area contributed by atoms with Gasteiger partial charge in [-0.25, -0.2) is 0 Å². The van der Waals surface area contributed by atoms with Gasteiger partial charge < -0.3 is 10.2 Å². The molecular formula is C17H22ClN5O. The zero-order valence-corrected chi connectivity index (χ0v) is 14.5.